The molecule has 1 atom stereocenters. The zero-order valence-corrected chi connectivity index (χ0v) is 14.6. The molecule has 1 aromatic heterocycles. The van der Waals surface area contributed by atoms with E-state index in [1.165, 1.54) is 0 Å². The van der Waals surface area contributed by atoms with E-state index in [1.807, 2.05) is 25.7 Å². The minimum absolute atomic E-state index is 0.118. The molecule has 1 aliphatic heterocycles. The van der Waals surface area contributed by atoms with Crippen molar-refractivity contribution in [2.24, 2.45) is 0 Å². The highest BCUT2D eigenvalue weighted by Gasteiger charge is 2.30. The Morgan fingerprint density at radius 3 is 2.96 bits per heavy atom. The second-order valence-corrected chi connectivity index (χ2v) is 6.96. The third kappa shape index (κ3) is 5.41. The van der Waals surface area contributed by atoms with E-state index >= 15 is 0 Å². The SMILES string of the molecule is CC(C)(C)OC(=O)N1CCCCC1CCOc1cc(C#N)ccn1. The van der Waals surface area contributed by atoms with Gasteiger partial charge in [-0.3, -0.25) is 0 Å². The minimum atomic E-state index is -0.489. The molecular weight excluding hydrogens is 306 g/mol. The Labute approximate surface area is 143 Å². The molecule has 1 amide bonds. The van der Waals surface area contributed by atoms with Gasteiger partial charge in [-0.1, -0.05) is 0 Å². The number of ether oxygens (including phenoxy) is 2. The van der Waals surface area contributed by atoms with Crippen molar-refractivity contribution in [3.63, 3.8) is 0 Å². The Kier molecular flexibility index (Phi) is 6.02. The number of nitriles is 1. The van der Waals surface area contributed by atoms with E-state index in [-0.39, 0.29) is 12.1 Å². The van der Waals surface area contributed by atoms with Gasteiger partial charge in [-0.15, -0.1) is 0 Å². The molecule has 1 aliphatic rings. The fourth-order valence-corrected chi connectivity index (χ4v) is 2.72. The van der Waals surface area contributed by atoms with Crippen molar-refractivity contribution < 1.29 is 14.3 Å². The number of carbonyl (C=O) groups is 1. The van der Waals surface area contributed by atoms with Gasteiger partial charge in [0, 0.05) is 31.3 Å². The van der Waals surface area contributed by atoms with Crippen molar-refractivity contribution in [3.8, 4) is 11.9 Å². The first-order chi connectivity index (χ1) is 11.4. The van der Waals surface area contributed by atoms with Crippen LogP contribution in [-0.2, 0) is 4.74 Å². The first-order valence-corrected chi connectivity index (χ1v) is 8.37. The summed E-state index contributed by atoms with van der Waals surface area (Å²) >= 11 is 0. The van der Waals surface area contributed by atoms with Crippen LogP contribution in [-0.4, -0.2) is 40.8 Å². The molecule has 6 nitrogen and oxygen atoms in total. The highest BCUT2D eigenvalue weighted by molar-refractivity contribution is 5.68. The Morgan fingerprint density at radius 2 is 2.25 bits per heavy atom. The summed E-state index contributed by atoms with van der Waals surface area (Å²) < 4.78 is 11.1. The molecule has 0 aromatic carbocycles. The van der Waals surface area contributed by atoms with Crippen LogP contribution in [0.4, 0.5) is 4.79 Å². The van der Waals surface area contributed by atoms with Crippen molar-refractivity contribution in [2.75, 3.05) is 13.2 Å². The number of carbonyl (C=O) groups excluding carboxylic acids is 1. The third-order valence-electron chi connectivity index (χ3n) is 3.82. The van der Waals surface area contributed by atoms with Gasteiger partial charge in [-0.2, -0.15) is 5.26 Å². The fraction of sp³-hybridized carbons (Fsp3) is 0.611. The average Bonchev–Trinajstić information content (AvgIpc) is 2.54. The van der Waals surface area contributed by atoms with E-state index in [0.29, 0.717) is 18.1 Å². The van der Waals surface area contributed by atoms with E-state index in [4.69, 9.17) is 14.7 Å². The van der Waals surface area contributed by atoms with Gasteiger partial charge in [0.1, 0.15) is 5.60 Å². The van der Waals surface area contributed by atoms with Crippen LogP contribution in [0.3, 0.4) is 0 Å². The van der Waals surface area contributed by atoms with Crippen LogP contribution in [0.5, 0.6) is 5.88 Å². The summed E-state index contributed by atoms with van der Waals surface area (Å²) in [7, 11) is 0. The smallest absolute Gasteiger partial charge is 0.410 e. The van der Waals surface area contributed by atoms with Crippen LogP contribution in [0.15, 0.2) is 18.3 Å². The fourth-order valence-electron chi connectivity index (χ4n) is 2.72. The number of hydrogen-bond donors (Lipinski definition) is 0. The summed E-state index contributed by atoms with van der Waals surface area (Å²) in [5.74, 6) is 0.439. The molecule has 0 saturated carbocycles. The number of amides is 1. The number of likely N-dealkylation sites (tertiary alicyclic amines) is 1. The molecule has 2 heterocycles. The maximum absolute atomic E-state index is 12.4. The predicted octanol–water partition coefficient (Wildman–Crippen LogP) is 3.51. The number of nitrogens with zero attached hydrogens (tertiary/aromatic N) is 3. The van der Waals surface area contributed by atoms with E-state index in [0.717, 1.165) is 32.2 Å². The highest BCUT2D eigenvalue weighted by Crippen LogP contribution is 2.23. The summed E-state index contributed by atoms with van der Waals surface area (Å²) in [4.78, 5) is 18.3. The second kappa shape index (κ2) is 8.00. The highest BCUT2D eigenvalue weighted by atomic mass is 16.6. The molecule has 1 aromatic rings. The van der Waals surface area contributed by atoms with Crippen molar-refractivity contribution in [2.45, 2.75) is 58.1 Å². The Balaban J connectivity index is 1.89. The van der Waals surface area contributed by atoms with Gasteiger partial charge in [0.15, 0.2) is 0 Å². The first-order valence-electron chi connectivity index (χ1n) is 8.37. The van der Waals surface area contributed by atoms with Crippen LogP contribution in [0.25, 0.3) is 0 Å². The quantitative estimate of drug-likeness (QED) is 0.844. The summed E-state index contributed by atoms with van der Waals surface area (Å²) in [5.41, 5.74) is 0.0325. The standard InChI is InChI=1S/C18H25N3O3/c1-18(2,3)24-17(22)21-10-5-4-6-15(21)8-11-23-16-12-14(13-19)7-9-20-16/h7,9,12,15H,4-6,8,10-11H2,1-3H3. The van der Waals surface area contributed by atoms with Gasteiger partial charge in [0.2, 0.25) is 5.88 Å². The van der Waals surface area contributed by atoms with E-state index < -0.39 is 5.60 Å². The molecule has 0 bridgehead atoms. The number of hydrogen-bond acceptors (Lipinski definition) is 5. The van der Waals surface area contributed by atoms with Crippen LogP contribution in [0, 0.1) is 11.3 Å². The molecule has 0 aliphatic carbocycles. The Morgan fingerprint density at radius 1 is 1.46 bits per heavy atom. The van der Waals surface area contributed by atoms with Crippen molar-refractivity contribution in [1.82, 2.24) is 9.88 Å². The second-order valence-electron chi connectivity index (χ2n) is 6.96. The summed E-state index contributed by atoms with van der Waals surface area (Å²) in [6, 6.07) is 5.43. The maximum atomic E-state index is 12.4. The molecule has 24 heavy (non-hydrogen) atoms. The zero-order chi connectivity index (χ0) is 17.6. The molecule has 1 saturated heterocycles. The minimum Gasteiger partial charge on any atom is -0.478 e. The van der Waals surface area contributed by atoms with Crippen LogP contribution >= 0.6 is 0 Å². The normalized spacial score (nSPS) is 17.9. The number of rotatable bonds is 4. The summed E-state index contributed by atoms with van der Waals surface area (Å²) in [6.45, 7) is 6.80. The van der Waals surface area contributed by atoms with E-state index in [2.05, 4.69) is 11.1 Å². The van der Waals surface area contributed by atoms with E-state index in [1.54, 1.807) is 18.3 Å². The molecule has 6 heteroatoms. The molecule has 2 rings (SSSR count). The predicted molar refractivity (Wildman–Crippen MR) is 89.6 cm³/mol. The monoisotopic (exact) mass is 331 g/mol. The summed E-state index contributed by atoms with van der Waals surface area (Å²) in [6.07, 6.45) is 5.08. The van der Waals surface area contributed by atoms with Crippen LogP contribution in [0.2, 0.25) is 0 Å². The average molecular weight is 331 g/mol. The molecular formula is C18H25N3O3. The Bertz CT molecular complexity index is 604. The zero-order valence-electron chi connectivity index (χ0n) is 14.6. The first kappa shape index (κ1) is 18.1. The van der Waals surface area contributed by atoms with Crippen LogP contribution in [0.1, 0.15) is 52.0 Å². The lowest BCUT2D eigenvalue weighted by Gasteiger charge is -2.36. The van der Waals surface area contributed by atoms with Crippen molar-refractivity contribution in [3.05, 3.63) is 23.9 Å². The van der Waals surface area contributed by atoms with E-state index in [9.17, 15) is 4.79 Å². The topological polar surface area (TPSA) is 75.4 Å². The van der Waals surface area contributed by atoms with Crippen molar-refractivity contribution >= 4 is 6.09 Å². The molecule has 0 spiro atoms. The van der Waals surface area contributed by atoms with Gasteiger partial charge in [-0.05, 0) is 46.1 Å². The maximum Gasteiger partial charge on any atom is 0.410 e. The lowest BCUT2D eigenvalue weighted by Crippen LogP contribution is -2.46. The molecule has 0 N–H and O–H groups in total. The largest absolute Gasteiger partial charge is 0.478 e. The van der Waals surface area contributed by atoms with Gasteiger partial charge >= 0.3 is 6.09 Å². The molecule has 1 unspecified atom stereocenters. The lowest BCUT2D eigenvalue weighted by molar-refractivity contribution is 0.00738. The number of pyridine rings is 1. The number of aromatic nitrogens is 1. The lowest BCUT2D eigenvalue weighted by atomic mass is 10.0. The summed E-state index contributed by atoms with van der Waals surface area (Å²) in [5, 5.41) is 8.89. The van der Waals surface area contributed by atoms with Gasteiger partial charge in [0.05, 0.1) is 18.2 Å². The number of piperidine rings is 1. The molecule has 1 fully saturated rings. The van der Waals surface area contributed by atoms with Gasteiger partial charge < -0.3 is 14.4 Å². The van der Waals surface area contributed by atoms with Crippen LogP contribution < -0.4 is 4.74 Å². The molecule has 130 valence electrons. The Hall–Kier alpha value is -2.29. The third-order valence-corrected chi connectivity index (χ3v) is 3.82. The molecule has 0 radical (unpaired) electrons. The van der Waals surface area contributed by atoms with Gasteiger partial charge in [-0.25, -0.2) is 9.78 Å². The van der Waals surface area contributed by atoms with Crippen molar-refractivity contribution in [1.29, 1.82) is 5.26 Å². The van der Waals surface area contributed by atoms with Gasteiger partial charge in [0.25, 0.3) is 0 Å².